The zero-order valence-corrected chi connectivity index (χ0v) is 26.3. The first-order valence-corrected chi connectivity index (χ1v) is 16.6. The minimum atomic E-state index is -3.67. The van der Waals surface area contributed by atoms with Crippen molar-refractivity contribution in [2.75, 3.05) is 18.4 Å². The summed E-state index contributed by atoms with van der Waals surface area (Å²) >= 11 is 0. The minimum absolute atomic E-state index is 0.141. The number of nitrogens with zero attached hydrogens (tertiary/aromatic N) is 1. The van der Waals surface area contributed by atoms with Crippen molar-refractivity contribution in [3.8, 4) is 11.1 Å². The Bertz CT molecular complexity index is 1900. The maximum atomic E-state index is 13.6. The van der Waals surface area contributed by atoms with Gasteiger partial charge < -0.3 is 10.6 Å². The van der Waals surface area contributed by atoms with Gasteiger partial charge in [-0.1, -0.05) is 92.7 Å². The third kappa shape index (κ3) is 7.30. The molecule has 230 valence electrons. The van der Waals surface area contributed by atoms with Crippen molar-refractivity contribution in [1.82, 2.24) is 9.62 Å². The largest absolute Gasteiger partial charge is 0.348 e. The van der Waals surface area contributed by atoms with Gasteiger partial charge in [-0.15, -0.1) is 0 Å². The lowest BCUT2D eigenvalue weighted by atomic mass is 9.99. The summed E-state index contributed by atoms with van der Waals surface area (Å²) in [5, 5.41) is 7.67. The van der Waals surface area contributed by atoms with Gasteiger partial charge in [-0.05, 0) is 76.7 Å². The number of benzene rings is 5. The summed E-state index contributed by atoms with van der Waals surface area (Å²) in [6.07, 6.45) is 1.42. The van der Waals surface area contributed by atoms with Crippen LogP contribution in [-0.4, -0.2) is 37.6 Å². The molecular formula is C37H37N3O4S. The number of amides is 2. The van der Waals surface area contributed by atoms with Gasteiger partial charge in [-0.2, -0.15) is 4.31 Å². The highest BCUT2D eigenvalue weighted by Crippen LogP contribution is 2.27. The van der Waals surface area contributed by atoms with Crippen molar-refractivity contribution < 1.29 is 18.0 Å². The van der Waals surface area contributed by atoms with Crippen LogP contribution in [0.5, 0.6) is 0 Å². The predicted molar refractivity (Wildman–Crippen MR) is 181 cm³/mol. The van der Waals surface area contributed by atoms with Crippen molar-refractivity contribution in [3.05, 3.63) is 132 Å². The molecule has 5 aromatic carbocycles. The standard InChI is InChI=1S/C37H37N3O4S/c1-3-22-40(23-4-2)45(43,44)32-20-18-28(19-21-32)36(41)39-35-25-30-15-9-8-14-29(30)24-34(35)37(42)38-26-31-16-10-11-17-33(31)27-12-6-5-7-13-27/h5-21,24-25H,3-4,22-23,26H2,1-2H3,(H,38,42)(H,39,41). The molecule has 45 heavy (non-hydrogen) atoms. The zero-order valence-electron chi connectivity index (χ0n) is 25.5. The molecule has 0 aliphatic heterocycles. The number of carbonyl (C=O) groups is 2. The Morgan fingerprint density at radius 1 is 0.689 bits per heavy atom. The molecule has 5 rings (SSSR count). The van der Waals surface area contributed by atoms with E-state index in [1.807, 2.05) is 92.7 Å². The summed E-state index contributed by atoms with van der Waals surface area (Å²) in [7, 11) is -3.67. The molecule has 0 atom stereocenters. The maximum absolute atomic E-state index is 13.6. The van der Waals surface area contributed by atoms with Crippen LogP contribution in [0.1, 0.15) is 53.0 Å². The van der Waals surface area contributed by atoms with Crippen molar-refractivity contribution in [2.24, 2.45) is 0 Å². The van der Waals surface area contributed by atoms with Crippen LogP contribution in [0.2, 0.25) is 0 Å². The predicted octanol–water partition coefficient (Wildman–Crippen LogP) is 7.50. The molecule has 5 aromatic rings. The smallest absolute Gasteiger partial charge is 0.255 e. The molecule has 0 spiro atoms. The van der Waals surface area contributed by atoms with Gasteiger partial charge in [0.2, 0.25) is 10.0 Å². The first-order valence-electron chi connectivity index (χ1n) is 15.2. The highest BCUT2D eigenvalue weighted by Gasteiger charge is 2.23. The second-order valence-electron chi connectivity index (χ2n) is 10.8. The zero-order chi connectivity index (χ0) is 31.8. The molecule has 0 heterocycles. The highest BCUT2D eigenvalue weighted by atomic mass is 32.2. The van der Waals surface area contributed by atoms with Gasteiger partial charge in [-0.3, -0.25) is 9.59 Å². The maximum Gasteiger partial charge on any atom is 0.255 e. The molecule has 0 bridgehead atoms. The third-order valence-electron chi connectivity index (χ3n) is 7.62. The number of hydrogen-bond donors (Lipinski definition) is 2. The van der Waals surface area contributed by atoms with Crippen LogP contribution in [0.15, 0.2) is 120 Å². The number of nitrogens with one attached hydrogen (secondary N) is 2. The molecule has 0 aromatic heterocycles. The molecule has 2 N–H and O–H groups in total. The number of rotatable bonds is 12. The van der Waals surface area contributed by atoms with Crippen molar-refractivity contribution in [1.29, 1.82) is 0 Å². The summed E-state index contributed by atoms with van der Waals surface area (Å²) in [6.45, 7) is 5.05. The molecule has 0 aliphatic carbocycles. The lowest BCUT2D eigenvalue weighted by Gasteiger charge is -2.21. The average molecular weight is 620 g/mol. The molecular weight excluding hydrogens is 582 g/mol. The van der Waals surface area contributed by atoms with E-state index >= 15 is 0 Å². The fourth-order valence-corrected chi connectivity index (χ4v) is 6.97. The lowest BCUT2D eigenvalue weighted by Crippen LogP contribution is -2.32. The summed E-state index contributed by atoms with van der Waals surface area (Å²) in [5.41, 5.74) is 4.03. The molecule has 0 radical (unpaired) electrons. The monoisotopic (exact) mass is 619 g/mol. The van der Waals surface area contributed by atoms with Crippen molar-refractivity contribution in [2.45, 2.75) is 38.1 Å². The molecule has 0 saturated heterocycles. The molecule has 7 nitrogen and oxygen atoms in total. The Kier molecular flexibility index (Phi) is 10.1. The number of hydrogen-bond acceptors (Lipinski definition) is 4. The van der Waals surface area contributed by atoms with E-state index in [2.05, 4.69) is 10.6 Å². The van der Waals surface area contributed by atoms with E-state index in [1.165, 1.54) is 28.6 Å². The Hall–Kier alpha value is -4.79. The van der Waals surface area contributed by atoms with E-state index in [0.717, 1.165) is 27.5 Å². The Labute approximate surface area is 265 Å². The van der Waals surface area contributed by atoms with E-state index in [9.17, 15) is 18.0 Å². The summed E-state index contributed by atoms with van der Waals surface area (Å²) in [5.74, 6) is -0.774. The van der Waals surface area contributed by atoms with Crippen LogP contribution >= 0.6 is 0 Å². The highest BCUT2D eigenvalue weighted by molar-refractivity contribution is 7.89. The molecule has 0 fully saturated rings. The Morgan fingerprint density at radius 3 is 1.96 bits per heavy atom. The summed E-state index contributed by atoms with van der Waals surface area (Å²) in [6, 6.07) is 35.0. The molecule has 2 amide bonds. The second-order valence-corrected chi connectivity index (χ2v) is 12.8. The van der Waals surface area contributed by atoms with Gasteiger partial charge in [0, 0.05) is 25.2 Å². The topological polar surface area (TPSA) is 95.6 Å². The minimum Gasteiger partial charge on any atom is -0.348 e. The number of sulfonamides is 1. The molecule has 0 aliphatic rings. The average Bonchev–Trinajstić information content (AvgIpc) is 3.07. The van der Waals surface area contributed by atoms with E-state index in [4.69, 9.17) is 0 Å². The fourth-order valence-electron chi connectivity index (χ4n) is 5.35. The first kappa shape index (κ1) is 31.6. The first-order chi connectivity index (χ1) is 21.8. The normalized spacial score (nSPS) is 11.4. The van der Waals surface area contributed by atoms with Crippen LogP contribution in [0, 0.1) is 0 Å². The third-order valence-corrected chi connectivity index (χ3v) is 9.53. The van der Waals surface area contributed by atoms with E-state index in [0.29, 0.717) is 43.7 Å². The number of anilines is 1. The van der Waals surface area contributed by atoms with Crippen molar-refractivity contribution in [3.63, 3.8) is 0 Å². The number of fused-ring (bicyclic) bond motifs is 1. The Balaban J connectivity index is 1.39. The van der Waals surface area contributed by atoms with E-state index in [-0.39, 0.29) is 16.4 Å². The van der Waals surface area contributed by atoms with Crippen LogP contribution < -0.4 is 10.6 Å². The van der Waals surface area contributed by atoms with E-state index in [1.54, 1.807) is 12.1 Å². The lowest BCUT2D eigenvalue weighted by molar-refractivity contribution is 0.0952. The van der Waals surface area contributed by atoms with Crippen LogP contribution in [0.4, 0.5) is 5.69 Å². The van der Waals surface area contributed by atoms with Crippen LogP contribution in [0.3, 0.4) is 0 Å². The van der Waals surface area contributed by atoms with Gasteiger partial charge in [0.1, 0.15) is 0 Å². The number of carbonyl (C=O) groups excluding carboxylic acids is 2. The van der Waals surface area contributed by atoms with Gasteiger partial charge in [-0.25, -0.2) is 8.42 Å². The summed E-state index contributed by atoms with van der Waals surface area (Å²) < 4.78 is 27.8. The van der Waals surface area contributed by atoms with Gasteiger partial charge >= 0.3 is 0 Å². The SMILES string of the molecule is CCCN(CCC)S(=O)(=O)c1ccc(C(=O)Nc2cc3ccccc3cc2C(=O)NCc2ccccc2-c2ccccc2)cc1. The Morgan fingerprint density at radius 2 is 1.29 bits per heavy atom. The van der Waals surface area contributed by atoms with Crippen LogP contribution in [-0.2, 0) is 16.6 Å². The quantitative estimate of drug-likeness (QED) is 0.151. The fraction of sp³-hybridized carbons (Fsp3) is 0.189. The van der Waals surface area contributed by atoms with Gasteiger partial charge in [0.15, 0.2) is 0 Å². The molecule has 8 heteroatoms. The molecule has 0 saturated carbocycles. The summed E-state index contributed by atoms with van der Waals surface area (Å²) in [4.78, 5) is 27.2. The van der Waals surface area contributed by atoms with Crippen LogP contribution in [0.25, 0.3) is 21.9 Å². The van der Waals surface area contributed by atoms with Crippen molar-refractivity contribution >= 4 is 38.3 Å². The molecule has 0 unspecified atom stereocenters. The second kappa shape index (κ2) is 14.3. The van der Waals surface area contributed by atoms with E-state index < -0.39 is 15.9 Å². The van der Waals surface area contributed by atoms with Gasteiger partial charge in [0.25, 0.3) is 11.8 Å². The van der Waals surface area contributed by atoms with Gasteiger partial charge in [0.05, 0.1) is 16.1 Å².